The van der Waals surface area contributed by atoms with Crippen molar-refractivity contribution in [1.82, 2.24) is 14.8 Å². The van der Waals surface area contributed by atoms with Crippen molar-refractivity contribution in [2.24, 2.45) is 5.92 Å². The van der Waals surface area contributed by atoms with Gasteiger partial charge in [0.2, 0.25) is 0 Å². The molecule has 2 aromatic heterocycles. The summed E-state index contributed by atoms with van der Waals surface area (Å²) in [6.07, 6.45) is 1.59. The molecule has 0 spiro atoms. The van der Waals surface area contributed by atoms with E-state index in [0.29, 0.717) is 11.1 Å². The van der Waals surface area contributed by atoms with Crippen LogP contribution in [-0.4, -0.2) is 21.1 Å². The molecule has 1 aromatic carbocycles. The van der Waals surface area contributed by atoms with Gasteiger partial charge in [-0.2, -0.15) is 23.5 Å². The third-order valence-electron chi connectivity index (χ3n) is 5.41. The highest BCUT2D eigenvalue weighted by atomic mass is 19.4. The molecule has 4 rings (SSSR count). The normalized spacial score (nSPS) is 19.8. The van der Waals surface area contributed by atoms with E-state index in [2.05, 4.69) is 10.1 Å². The van der Waals surface area contributed by atoms with Crippen LogP contribution in [0.3, 0.4) is 0 Å². The largest absolute Gasteiger partial charge is 0.433 e. The molecule has 0 unspecified atom stereocenters. The molecule has 1 saturated carbocycles. The highest BCUT2D eigenvalue weighted by molar-refractivity contribution is 5.87. The summed E-state index contributed by atoms with van der Waals surface area (Å²) in [5.74, 6) is 0.0972. The van der Waals surface area contributed by atoms with E-state index in [0.717, 1.165) is 43.4 Å². The molecule has 0 bridgehead atoms. The summed E-state index contributed by atoms with van der Waals surface area (Å²) in [6.45, 7) is 0. The number of hydrogen-bond donors (Lipinski definition) is 0. The first-order chi connectivity index (χ1) is 13.9. The van der Waals surface area contributed by atoms with E-state index in [1.54, 1.807) is 12.1 Å². The number of hydrogen-bond acceptors (Lipinski definition) is 4. The fourth-order valence-corrected chi connectivity index (χ4v) is 3.83. The zero-order valence-electron chi connectivity index (χ0n) is 15.4. The molecule has 29 heavy (non-hydrogen) atoms. The summed E-state index contributed by atoms with van der Waals surface area (Å²) in [4.78, 5) is 14.7. The summed E-state index contributed by atoms with van der Waals surface area (Å²) >= 11 is 0. The smallest absolute Gasteiger partial charge is 0.303 e. The molecular formula is C21H17F3N4O. The van der Waals surface area contributed by atoms with E-state index >= 15 is 0 Å². The maximum Gasteiger partial charge on any atom is 0.433 e. The van der Waals surface area contributed by atoms with Crippen molar-refractivity contribution in [2.75, 3.05) is 0 Å². The number of alkyl halides is 3. The van der Waals surface area contributed by atoms with Gasteiger partial charge in [0, 0.05) is 23.1 Å². The average molecular weight is 398 g/mol. The summed E-state index contributed by atoms with van der Waals surface area (Å²) in [5, 5.41) is 14.8. The van der Waals surface area contributed by atoms with Crippen LogP contribution in [0.5, 0.6) is 0 Å². The number of pyridine rings is 1. The van der Waals surface area contributed by atoms with Crippen molar-refractivity contribution in [2.45, 2.75) is 37.9 Å². The number of aldehydes is 1. The van der Waals surface area contributed by atoms with E-state index in [4.69, 9.17) is 0 Å². The van der Waals surface area contributed by atoms with Crippen LogP contribution in [0, 0.1) is 17.2 Å². The summed E-state index contributed by atoms with van der Waals surface area (Å²) in [6, 6.07) is 9.10. The van der Waals surface area contributed by atoms with Crippen LogP contribution in [0.2, 0.25) is 0 Å². The minimum absolute atomic E-state index is 0.0949. The number of nitrogens with zero attached hydrogens (tertiary/aromatic N) is 4. The number of carbonyl (C=O) groups is 1. The first-order valence-corrected chi connectivity index (χ1v) is 9.32. The van der Waals surface area contributed by atoms with E-state index in [-0.39, 0.29) is 23.2 Å². The number of aromatic nitrogens is 3. The van der Waals surface area contributed by atoms with Crippen LogP contribution in [0.4, 0.5) is 13.2 Å². The first kappa shape index (κ1) is 19.1. The maximum absolute atomic E-state index is 13.0. The number of carbonyl (C=O) groups excluding carboxylic acids is 1. The Bertz CT molecular complexity index is 1110. The number of nitriles is 1. The fourth-order valence-electron chi connectivity index (χ4n) is 3.83. The third kappa shape index (κ3) is 3.73. The Morgan fingerprint density at radius 2 is 1.93 bits per heavy atom. The number of benzene rings is 1. The van der Waals surface area contributed by atoms with Crippen molar-refractivity contribution >= 4 is 17.2 Å². The van der Waals surface area contributed by atoms with Gasteiger partial charge in [0.05, 0.1) is 28.9 Å². The molecule has 0 atom stereocenters. The quantitative estimate of drug-likeness (QED) is 0.587. The predicted molar refractivity (Wildman–Crippen MR) is 99.7 cm³/mol. The highest BCUT2D eigenvalue weighted by Crippen LogP contribution is 2.34. The van der Waals surface area contributed by atoms with Gasteiger partial charge < -0.3 is 4.79 Å². The van der Waals surface area contributed by atoms with E-state index < -0.39 is 11.9 Å². The average Bonchev–Trinajstić information content (AvgIpc) is 3.15. The van der Waals surface area contributed by atoms with Gasteiger partial charge in [-0.3, -0.25) is 4.68 Å². The van der Waals surface area contributed by atoms with Gasteiger partial charge in [0.15, 0.2) is 0 Å². The predicted octanol–water partition coefficient (Wildman–Crippen LogP) is 4.92. The lowest BCUT2D eigenvalue weighted by Gasteiger charge is -2.25. The second-order valence-electron chi connectivity index (χ2n) is 7.29. The van der Waals surface area contributed by atoms with Gasteiger partial charge in [-0.05, 0) is 49.9 Å². The van der Waals surface area contributed by atoms with Crippen LogP contribution >= 0.6 is 0 Å². The Balaban J connectivity index is 1.73. The Morgan fingerprint density at radius 3 is 2.59 bits per heavy atom. The molecular weight excluding hydrogens is 381 g/mol. The Hall–Kier alpha value is -3.21. The summed E-state index contributed by atoms with van der Waals surface area (Å²) in [5.41, 5.74) is 0.267. The second-order valence-corrected chi connectivity index (χ2v) is 7.29. The topological polar surface area (TPSA) is 71.6 Å². The lowest BCUT2D eigenvalue weighted by atomic mass is 9.87. The minimum atomic E-state index is -4.56. The van der Waals surface area contributed by atoms with E-state index in [1.807, 2.05) is 16.9 Å². The lowest BCUT2D eigenvalue weighted by Crippen LogP contribution is -2.19. The summed E-state index contributed by atoms with van der Waals surface area (Å²) < 4.78 is 40.9. The van der Waals surface area contributed by atoms with Gasteiger partial charge in [-0.15, -0.1) is 0 Å². The standard InChI is InChI=1S/C21H17F3N4O/c22-21(23,24)20-3-1-2-18(26-20)17-8-15-11-28(27-19(15)9-14(17)10-25)16-6-4-13(12-29)5-7-16/h1-3,8-9,11-13,16H,4-7H2. The lowest BCUT2D eigenvalue weighted by molar-refractivity contribution is -0.141. The van der Waals surface area contributed by atoms with Gasteiger partial charge in [0.1, 0.15) is 12.0 Å². The van der Waals surface area contributed by atoms with Gasteiger partial charge >= 0.3 is 6.18 Å². The molecule has 8 heteroatoms. The molecule has 1 aliphatic carbocycles. The van der Waals surface area contributed by atoms with Crippen molar-refractivity contribution in [1.29, 1.82) is 5.26 Å². The number of rotatable bonds is 3. The monoisotopic (exact) mass is 398 g/mol. The molecule has 148 valence electrons. The SMILES string of the molecule is N#Cc1cc2nn(C3CCC(C=O)CC3)cc2cc1-c1cccc(C(F)(F)F)n1. The molecule has 3 aromatic rings. The molecule has 1 aliphatic rings. The van der Waals surface area contributed by atoms with Gasteiger partial charge in [-0.1, -0.05) is 6.07 Å². The van der Waals surface area contributed by atoms with Crippen molar-refractivity contribution in [3.63, 3.8) is 0 Å². The molecule has 0 N–H and O–H groups in total. The number of halogens is 3. The van der Waals surface area contributed by atoms with Crippen molar-refractivity contribution in [3.05, 3.63) is 47.8 Å². The zero-order valence-corrected chi connectivity index (χ0v) is 15.4. The van der Waals surface area contributed by atoms with Gasteiger partial charge in [-0.25, -0.2) is 4.98 Å². The first-order valence-electron chi connectivity index (χ1n) is 9.32. The molecule has 5 nitrogen and oxygen atoms in total. The molecule has 0 aliphatic heterocycles. The second kappa shape index (κ2) is 7.32. The Morgan fingerprint density at radius 1 is 1.17 bits per heavy atom. The fraction of sp³-hybridized carbons (Fsp3) is 0.333. The highest BCUT2D eigenvalue weighted by Gasteiger charge is 2.32. The van der Waals surface area contributed by atoms with E-state index in [1.165, 1.54) is 12.1 Å². The third-order valence-corrected chi connectivity index (χ3v) is 5.41. The molecule has 0 saturated heterocycles. The van der Waals surface area contributed by atoms with Gasteiger partial charge in [0.25, 0.3) is 0 Å². The maximum atomic E-state index is 13.0. The summed E-state index contributed by atoms with van der Waals surface area (Å²) in [7, 11) is 0. The molecule has 0 amide bonds. The molecule has 1 fully saturated rings. The minimum Gasteiger partial charge on any atom is -0.303 e. The Kier molecular flexibility index (Phi) is 4.82. The van der Waals surface area contributed by atoms with E-state index in [9.17, 15) is 23.2 Å². The molecule has 0 radical (unpaired) electrons. The van der Waals surface area contributed by atoms with Crippen LogP contribution in [0.1, 0.15) is 43.0 Å². The van der Waals surface area contributed by atoms with Crippen LogP contribution in [-0.2, 0) is 11.0 Å². The van der Waals surface area contributed by atoms with Crippen molar-refractivity contribution in [3.8, 4) is 17.3 Å². The molecule has 2 heterocycles. The van der Waals surface area contributed by atoms with Crippen LogP contribution in [0.25, 0.3) is 22.2 Å². The van der Waals surface area contributed by atoms with Crippen LogP contribution in [0.15, 0.2) is 36.5 Å². The van der Waals surface area contributed by atoms with Crippen molar-refractivity contribution < 1.29 is 18.0 Å². The zero-order chi connectivity index (χ0) is 20.6. The number of fused-ring (bicyclic) bond motifs is 1. The van der Waals surface area contributed by atoms with Crippen LogP contribution < -0.4 is 0 Å². The Labute approximate surface area is 164 Å².